The number of hydrogen-bond donors (Lipinski definition) is 2. The van der Waals surface area contributed by atoms with Crippen molar-refractivity contribution in [2.24, 2.45) is 0 Å². The van der Waals surface area contributed by atoms with E-state index >= 15 is 0 Å². The van der Waals surface area contributed by atoms with E-state index in [-0.39, 0.29) is 6.54 Å². The number of carboxylic acids is 1. The number of nitrogens with one attached hydrogen (secondary N) is 1. The lowest BCUT2D eigenvalue weighted by Gasteiger charge is -2.35. The van der Waals surface area contributed by atoms with Crippen LogP contribution in [0.3, 0.4) is 0 Å². The van der Waals surface area contributed by atoms with Crippen LogP contribution in [0.4, 0.5) is 22.0 Å². The molecular formula is C12H18ClF5N6O2. The lowest BCUT2D eigenvalue weighted by molar-refractivity contribution is -0.192. The van der Waals surface area contributed by atoms with Crippen LogP contribution >= 0.6 is 11.6 Å². The van der Waals surface area contributed by atoms with E-state index in [9.17, 15) is 22.0 Å². The van der Waals surface area contributed by atoms with Crippen LogP contribution in [-0.4, -0.2) is 92.3 Å². The van der Waals surface area contributed by atoms with E-state index in [0.29, 0.717) is 18.9 Å². The van der Waals surface area contributed by atoms with Gasteiger partial charge in [0.25, 0.3) is 0 Å². The molecule has 0 saturated carbocycles. The lowest BCUT2D eigenvalue weighted by atomic mass is 10.2. The number of H-pyrrole nitrogens is 1. The predicted octanol–water partition coefficient (Wildman–Crippen LogP) is 1.21. The molecule has 0 aliphatic carbocycles. The SMILES string of the molecule is FC(F)(Cl)CN1CCN(CCCc2nn[nH]n2)CC1.O=C(O)C(F)(F)F. The lowest BCUT2D eigenvalue weighted by Crippen LogP contribution is -2.49. The van der Waals surface area contributed by atoms with Crippen LogP contribution in [0.1, 0.15) is 12.2 Å². The van der Waals surface area contributed by atoms with Crippen molar-refractivity contribution < 1.29 is 31.9 Å². The van der Waals surface area contributed by atoms with E-state index in [4.69, 9.17) is 21.5 Å². The van der Waals surface area contributed by atoms with Gasteiger partial charge in [0.2, 0.25) is 0 Å². The Labute approximate surface area is 150 Å². The Hall–Kier alpha value is -1.60. The topological polar surface area (TPSA) is 98.2 Å². The van der Waals surface area contributed by atoms with Crippen molar-refractivity contribution in [3.63, 3.8) is 0 Å². The van der Waals surface area contributed by atoms with Gasteiger partial charge in [-0.3, -0.25) is 4.90 Å². The summed E-state index contributed by atoms with van der Waals surface area (Å²) in [6.07, 6.45) is -3.37. The number of rotatable bonds is 6. The minimum Gasteiger partial charge on any atom is -0.475 e. The molecule has 1 fully saturated rings. The van der Waals surface area contributed by atoms with Gasteiger partial charge in [-0.25, -0.2) is 4.79 Å². The number of aromatic amines is 1. The molecule has 1 aliphatic rings. The minimum atomic E-state index is -5.08. The molecule has 150 valence electrons. The second-order valence-corrected chi connectivity index (χ2v) is 6.02. The first-order valence-electron chi connectivity index (χ1n) is 7.51. The van der Waals surface area contributed by atoms with Crippen LogP contribution in [0.15, 0.2) is 0 Å². The third-order valence-electron chi connectivity index (χ3n) is 3.37. The molecule has 14 heteroatoms. The molecule has 0 amide bonds. The summed E-state index contributed by atoms with van der Waals surface area (Å²) in [5, 5.41) is 17.7. The Morgan fingerprint density at radius 2 is 1.69 bits per heavy atom. The average Bonchev–Trinajstić information content (AvgIpc) is 3.00. The van der Waals surface area contributed by atoms with Crippen molar-refractivity contribution in [3.8, 4) is 0 Å². The smallest absolute Gasteiger partial charge is 0.475 e. The summed E-state index contributed by atoms with van der Waals surface area (Å²) in [5.41, 5.74) is 0. The number of aryl methyl sites for hydroxylation is 1. The number of carbonyl (C=O) groups is 1. The number of hydrogen-bond acceptors (Lipinski definition) is 6. The second kappa shape index (κ2) is 9.92. The Morgan fingerprint density at radius 3 is 2.12 bits per heavy atom. The van der Waals surface area contributed by atoms with Crippen LogP contribution in [0.25, 0.3) is 0 Å². The van der Waals surface area contributed by atoms with Crippen molar-refractivity contribution in [2.45, 2.75) is 24.4 Å². The maximum absolute atomic E-state index is 12.7. The highest BCUT2D eigenvalue weighted by Gasteiger charge is 2.38. The normalized spacial score (nSPS) is 16.8. The number of alkyl halides is 6. The van der Waals surface area contributed by atoms with Crippen molar-refractivity contribution in [1.29, 1.82) is 0 Å². The monoisotopic (exact) mass is 408 g/mol. The molecule has 2 rings (SSSR count). The van der Waals surface area contributed by atoms with Gasteiger partial charge in [0.1, 0.15) is 0 Å². The third-order valence-corrected chi connectivity index (χ3v) is 3.49. The predicted molar refractivity (Wildman–Crippen MR) is 79.9 cm³/mol. The molecule has 0 atom stereocenters. The molecule has 1 aromatic heterocycles. The van der Waals surface area contributed by atoms with Gasteiger partial charge in [0.05, 0.1) is 6.54 Å². The Morgan fingerprint density at radius 1 is 1.15 bits per heavy atom. The first kappa shape index (κ1) is 22.4. The van der Waals surface area contributed by atoms with Gasteiger partial charge in [-0.1, -0.05) is 5.21 Å². The van der Waals surface area contributed by atoms with Crippen LogP contribution < -0.4 is 0 Å². The van der Waals surface area contributed by atoms with Gasteiger partial charge in [-0.2, -0.15) is 27.2 Å². The van der Waals surface area contributed by atoms with Crippen molar-refractivity contribution in [2.75, 3.05) is 39.3 Å². The van der Waals surface area contributed by atoms with Crippen LogP contribution in [-0.2, 0) is 11.2 Å². The number of aromatic nitrogens is 4. The number of aliphatic carboxylic acids is 1. The van der Waals surface area contributed by atoms with Gasteiger partial charge in [0, 0.05) is 32.6 Å². The van der Waals surface area contributed by atoms with Crippen LogP contribution in [0.5, 0.6) is 0 Å². The zero-order chi connectivity index (χ0) is 19.8. The standard InChI is InChI=1S/C10H17ClF2N6.C2HF3O2/c11-10(12,13)8-19-6-4-18(5-7-19)3-1-2-9-14-16-17-15-9;3-2(4,5)1(6)7/h1-8H2,(H,14,15,16,17);(H,6,7). The summed E-state index contributed by atoms with van der Waals surface area (Å²) in [7, 11) is 0. The Balaban J connectivity index is 0.000000412. The van der Waals surface area contributed by atoms with Crippen LogP contribution in [0, 0.1) is 0 Å². The fourth-order valence-corrected chi connectivity index (χ4v) is 2.34. The number of piperazine rings is 1. The van der Waals surface area contributed by atoms with Gasteiger partial charge >= 0.3 is 17.5 Å². The van der Waals surface area contributed by atoms with Gasteiger partial charge in [-0.05, 0) is 24.6 Å². The maximum Gasteiger partial charge on any atom is 0.490 e. The summed E-state index contributed by atoms with van der Waals surface area (Å²) in [6.45, 7) is 3.39. The highest BCUT2D eigenvalue weighted by molar-refractivity contribution is 6.21. The van der Waals surface area contributed by atoms with Gasteiger partial charge in [-0.15, -0.1) is 10.2 Å². The van der Waals surface area contributed by atoms with E-state index in [1.807, 2.05) is 0 Å². The number of tetrazole rings is 1. The van der Waals surface area contributed by atoms with Crippen LogP contribution in [0.2, 0.25) is 0 Å². The second-order valence-electron chi connectivity index (χ2n) is 5.47. The highest BCUT2D eigenvalue weighted by Crippen LogP contribution is 2.20. The first-order valence-corrected chi connectivity index (χ1v) is 7.89. The number of carboxylic acid groups (broad SMARTS) is 1. The zero-order valence-corrected chi connectivity index (χ0v) is 14.3. The highest BCUT2D eigenvalue weighted by atomic mass is 35.5. The molecule has 1 aromatic rings. The van der Waals surface area contributed by atoms with Gasteiger partial charge in [0.15, 0.2) is 5.82 Å². The van der Waals surface area contributed by atoms with E-state index in [0.717, 1.165) is 32.5 Å². The molecule has 0 unspecified atom stereocenters. The molecule has 26 heavy (non-hydrogen) atoms. The van der Waals surface area contributed by atoms with Gasteiger partial charge < -0.3 is 10.0 Å². The van der Waals surface area contributed by atoms with Crippen molar-refractivity contribution >= 4 is 17.6 Å². The molecule has 0 spiro atoms. The summed E-state index contributed by atoms with van der Waals surface area (Å²) in [4.78, 5) is 12.8. The molecule has 2 N–H and O–H groups in total. The Bertz CT molecular complexity index is 531. The molecular weight excluding hydrogens is 391 g/mol. The quantitative estimate of drug-likeness (QED) is 0.539. The molecule has 2 heterocycles. The summed E-state index contributed by atoms with van der Waals surface area (Å²) < 4.78 is 57.0. The fraction of sp³-hybridized carbons (Fsp3) is 0.833. The fourth-order valence-electron chi connectivity index (χ4n) is 2.17. The maximum atomic E-state index is 12.7. The van der Waals surface area contributed by atoms with Crippen molar-refractivity contribution in [1.82, 2.24) is 30.4 Å². The first-order chi connectivity index (χ1) is 12.0. The molecule has 0 bridgehead atoms. The molecule has 1 aliphatic heterocycles. The summed E-state index contributed by atoms with van der Waals surface area (Å²) in [5.74, 6) is -2.05. The largest absolute Gasteiger partial charge is 0.490 e. The third kappa shape index (κ3) is 9.77. The van der Waals surface area contributed by atoms with E-state index in [1.54, 1.807) is 4.90 Å². The molecule has 0 radical (unpaired) electrons. The van der Waals surface area contributed by atoms with Crippen molar-refractivity contribution in [3.05, 3.63) is 5.82 Å². The molecule has 8 nitrogen and oxygen atoms in total. The Kier molecular flexibility index (Phi) is 8.56. The zero-order valence-electron chi connectivity index (χ0n) is 13.5. The van der Waals surface area contributed by atoms with E-state index in [1.165, 1.54) is 0 Å². The molecule has 0 aromatic carbocycles. The average molecular weight is 409 g/mol. The summed E-state index contributed by atoms with van der Waals surface area (Å²) >= 11 is 4.93. The minimum absolute atomic E-state index is 0.370. The number of halogens is 6. The van der Waals surface area contributed by atoms with E-state index < -0.39 is 17.5 Å². The van der Waals surface area contributed by atoms with E-state index in [2.05, 4.69) is 25.5 Å². The molecule has 1 saturated heterocycles. The number of nitrogens with zero attached hydrogens (tertiary/aromatic N) is 5. The summed E-state index contributed by atoms with van der Waals surface area (Å²) in [6, 6.07) is 0.